The van der Waals surface area contributed by atoms with Gasteiger partial charge in [0.15, 0.2) is 0 Å². The molecule has 0 unspecified atom stereocenters. The standard InChI is InChI=1S/C20H25N3O2/c24-19(21-17-10-6-1-2-7-11-17)14-15-23-20(25)13-12-18(22-23)16-8-4-3-5-9-16/h3-5,8-9,12-13,17H,1-2,6-7,10-11,14-15H2,(H,21,24). The van der Waals surface area contributed by atoms with Crippen LogP contribution in [-0.4, -0.2) is 21.7 Å². The summed E-state index contributed by atoms with van der Waals surface area (Å²) in [5.41, 5.74) is 1.52. The summed E-state index contributed by atoms with van der Waals surface area (Å²) in [6, 6.07) is 13.2. The molecule has 1 heterocycles. The number of hydrogen-bond donors (Lipinski definition) is 1. The van der Waals surface area contributed by atoms with E-state index in [1.807, 2.05) is 30.3 Å². The van der Waals surface area contributed by atoms with E-state index in [4.69, 9.17) is 0 Å². The summed E-state index contributed by atoms with van der Waals surface area (Å²) in [4.78, 5) is 24.2. The van der Waals surface area contributed by atoms with E-state index < -0.39 is 0 Å². The number of rotatable bonds is 5. The highest BCUT2D eigenvalue weighted by Gasteiger charge is 2.15. The summed E-state index contributed by atoms with van der Waals surface area (Å²) >= 11 is 0. The van der Waals surface area contributed by atoms with E-state index in [0.29, 0.717) is 6.54 Å². The van der Waals surface area contributed by atoms with Gasteiger partial charge < -0.3 is 5.32 Å². The monoisotopic (exact) mass is 339 g/mol. The first-order valence-electron chi connectivity index (χ1n) is 9.15. The van der Waals surface area contributed by atoms with Gasteiger partial charge in [0, 0.05) is 24.1 Å². The van der Waals surface area contributed by atoms with E-state index in [1.165, 1.54) is 36.4 Å². The first-order valence-corrected chi connectivity index (χ1v) is 9.15. The van der Waals surface area contributed by atoms with Crippen molar-refractivity contribution < 1.29 is 4.79 Å². The van der Waals surface area contributed by atoms with E-state index in [2.05, 4.69) is 10.4 Å². The lowest BCUT2D eigenvalue weighted by Gasteiger charge is -2.16. The molecule has 5 heteroatoms. The smallest absolute Gasteiger partial charge is 0.266 e. The third-order valence-electron chi connectivity index (χ3n) is 4.71. The lowest BCUT2D eigenvalue weighted by Crippen LogP contribution is -2.35. The molecular formula is C20H25N3O2. The zero-order chi connectivity index (χ0) is 17.5. The SMILES string of the molecule is O=C(CCn1nc(-c2ccccc2)ccc1=O)NC1CCCCCC1. The van der Waals surface area contributed by atoms with Crippen molar-refractivity contribution in [2.24, 2.45) is 0 Å². The van der Waals surface area contributed by atoms with E-state index in [0.717, 1.165) is 24.1 Å². The van der Waals surface area contributed by atoms with Crippen LogP contribution in [0.25, 0.3) is 11.3 Å². The van der Waals surface area contributed by atoms with Crippen LogP contribution in [-0.2, 0) is 11.3 Å². The molecule has 1 aliphatic carbocycles. The normalized spacial score (nSPS) is 15.5. The molecule has 0 aliphatic heterocycles. The average Bonchev–Trinajstić information content (AvgIpc) is 2.90. The summed E-state index contributed by atoms with van der Waals surface area (Å²) in [6.45, 7) is 0.304. The van der Waals surface area contributed by atoms with Crippen LogP contribution in [0.4, 0.5) is 0 Å². The zero-order valence-electron chi connectivity index (χ0n) is 14.5. The molecule has 0 radical (unpaired) electrons. The summed E-state index contributed by atoms with van der Waals surface area (Å²) in [5.74, 6) is 0.00529. The molecule has 132 valence electrons. The van der Waals surface area contributed by atoms with Crippen molar-refractivity contribution in [3.8, 4) is 11.3 Å². The molecule has 3 rings (SSSR count). The van der Waals surface area contributed by atoms with Crippen LogP contribution in [0.2, 0.25) is 0 Å². The molecule has 1 fully saturated rings. The van der Waals surface area contributed by atoms with Crippen molar-refractivity contribution in [2.75, 3.05) is 0 Å². The Morgan fingerprint density at radius 2 is 1.76 bits per heavy atom. The van der Waals surface area contributed by atoms with Crippen molar-refractivity contribution >= 4 is 5.91 Å². The number of amides is 1. The average molecular weight is 339 g/mol. The van der Waals surface area contributed by atoms with Crippen LogP contribution < -0.4 is 10.9 Å². The highest BCUT2D eigenvalue weighted by Crippen LogP contribution is 2.17. The second kappa shape index (κ2) is 8.60. The van der Waals surface area contributed by atoms with E-state index in [9.17, 15) is 9.59 Å². The molecule has 1 aromatic heterocycles. The number of nitrogens with zero attached hydrogens (tertiary/aromatic N) is 2. The maximum Gasteiger partial charge on any atom is 0.266 e. The first kappa shape index (κ1) is 17.4. The van der Waals surface area contributed by atoms with Crippen LogP contribution in [0.1, 0.15) is 44.9 Å². The molecule has 0 spiro atoms. The van der Waals surface area contributed by atoms with Gasteiger partial charge in [0.05, 0.1) is 12.2 Å². The number of carbonyl (C=O) groups excluding carboxylic acids is 1. The van der Waals surface area contributed by atoms with Crippen molar-refractivity contribution in [3.63, 3.8) is 0 Å². The molecule has 0 saturated heterocycles. The van der Waals surface area contributed by atoms with Crippen LogP contribution in [0.15, 0.2) is 47.3 Å². The Bertz CT molecular complexity index is 747. The Morgan fingerprint density at radius 3 is 2.48 bits per heavy atom. The molecule has 1 aromatic carbocycles. The largest absolute Gasteiger partial charge is 0.353 e. The predicted octanol–water partition coefficient (Wildman–Crippen LogP) is 3.14. The van der Waals surface area contributed by atoms with Gasteiger partial charge in [-0.3, -0.25) is 9.59 Å². The highest BCUT2D eigenvalue weighted by atomic mass is 16.2. The van der Waals surface area contributed by atoms with Gasteiger partial charge in [-0.05, 0) is 18.9 Å². The lowest BCUT2D eigenvalue weighted by molar-refractivity contribution is -0.122. The third kappa shape index (κ3) is 5.02. The van der Waals surface area contributed by atoms with Gasteiger partial charge in [-0.1, -0.05) is 56.0 Å². The summed E-state index contributed by atoms with van der Waals surface area (Å²) in [5, 5.41) is 7.51. The minimum absolute atomic E-state index is 0.00529. The summed E-state index contributed by atoms with van der Waals surface area (Å²) < 4.78 is 1.38. The quantitative estimate of drug-likeness (QED) is 0.851. The number of nitrogens with one attached hydrogen (secondary N) is 1. The van der Waals surface area contributed by atoms with Crippen LogP contribution in [0.5, 0.6) is 0 Å². The number of aryl methyl sites for hydroxylation is 1. The molecule has 5 nitrogen and oxygen atoms in total. The number of carbonyl (C=O) groups is 1. The fraction of sp³-hybridized carbons (Fsp3) is 0.450. The second-order valence-corrected chi connectivity index (χ2v) is 6.65. The van der Waals surface area contributed by atoms with Crippen molar-refractivity contribution in [1.82, 2.24) is 15.1 Å². The van der Waals surface area contributed by atoms with Crippen LogP contribution in [0.3, 0.4) is 0 Å². The Kier molecular flexibility index (Phi) is 5.99. The number of aromatic nitrogens is 2. The molecule has 25 heavy (non-hydrogen) atoms. The molecule has 1 N–H and O–H groups in total. The highest BCUT2D eigenvalue weighted by molar-refractivity contribution is 5.76. The van der Waals surface area contributed by atoms with E-state index in [-0.39, 0.29) is 23.9 Å². The van der Waals surface area contributed by atoms with Crippen LogP contribution >= 0.6 is 0 Å². The topological polar surface area (TPSA) is 64.0 Å². The fourth-order valence-corrected chi connectivity index (χ4v) is 3.30. The third-order valence-corrected chi connectivity index (χ3v) is 4.71. The maximum absolute atomic E-state index is 12.2. The van der Waals surface area contributed by atoms with Crippen molar-refractivity contribution in [3.05, 3.63) is 52.8 Å². The number of hydrogen-bond acceptors (Lipinski definition) is 3. The molecule has 1 amide bonds. The molecule has 2 aromatic rings. The van der Waals surface area contributed by atoms with Gasteiger partial charge in [0.2, 0.25) is 5.91 Å². The maximum atomic E-state index is 12.2. The van der Waals surface area contributed by atoms with Gasteiger partial charge in [0.25, 0.3) is 5.56 Å². The molecule has 1 aliphatic rings. The summed E-state index contributed by atoms with van der Waals surface area (Å²) in [6.07, 6.45) is 7.30. The van der Waals surface area contributed by atoms with Crippen LogP contribution in [0, 0.1) is 0 Å². The molecule has 0 bridgehead atoms. The van der Waals surface area contributed by atoms with Gasteiger partial charge >= 0.3 is 0 Å². The minimum atomic E-state index is -0.179. The fourth-order valence-electron chi connectivity index (χ4n) is 3.30. The Balaban J connectivity index is 1.60. The van der Waals surface area contributed by atoms with Crippen molar-refractivity contribution in [1.29, 1.82) is 0 Å². The molecule has 0 atom stereocenters. The van der Waals surface area contributed by atoms with Gasteiger partial charge in [-0.15, -0.1) is 0 Å². The molecular weight excluding hydrogens is 314 g/mol. The van der Waals surface area contributed by atoms with Gasteiger partial charge in [-0.2, -0.15) is 5.10 Å². The summed E-state index contributed by atoms with van der Waals surface area (Å²) in [7, 11) is 0. The van der Waals surface area contributed by atoms with Gasteiger partial charge in [0.1, 0.15) is 0 Å². The van der Waals surface area contributed by atoms with Gasteiger partial charge in [-0.25, -0.2) is 4.68 Å². The lowest BCUT2D eigenvalue weighted by atomic mass is 10.1. The van der Waals surface area contributed by atoms with E-state index >= 15 is 0 Å². The Hall–Kier alpha value is -2.43. The number of benzene rings is 1. The first-order chi connectivity index (χ1) is 12.2. The van der Waals surface area contributed by atoms with E-state index in [1.54, 1.807) is 6.07 Å². The molecule has 1 saturated carbocycles. The Morgan fingerprint density at radius 1 is 1.04 bits per heavy atom. The van der Waals surface area contributed by atoms with Crippen molar-refractivity contribution in [2.45, 2.75) is 57.5 Å². The minimum Gasteiger partial charge on any atom is -0.353 e. The Labute approximate surface area is 148 Å². The zero-order valence-corrected chi connectivity index (χ0v) is 14.5. The second-order valence-electron chi connectivity index (χ2n) is 6.65. The predicted molar refractivity (Wildman–Crippen MR) is 98.2 cm³/mol.